The molecule has 0 spiro atoms. The minimum atomic E-state index is -1.26. The lowest BCUT2D eigenvalue weighted by Crippen LogP contribution is -2.46. The first kappa shape index (κ1) is 36.4. The molecule has 0 bridgehead atoms. The number of aliphatic imine (C=N–C) groups is 1. The molecule has 3 atom stereocenters. The van der Waals surface area contributed by atoms with Gasteiger partial charge >= 0.3 is 11.9 Å². The van der Waals surface area contributed by atoms with Crippen LogP contribution in [0.2, 0.25) is 0 Å². The summed E-state index contributed by atoms with van der Waals surface area (Å²) in [4.78, 5) is 28.0. The molecule has 0 aliphatic heterocycles. The molecule has 0 aromatic carbocycles. The topological polar surface area (TPSA) is 183 Å². The number of esters is 2. The van der Waals surface area contributed by atoms with E-state index in [0.29, 0.717) is 6.42 Å². The van der Waals surface area contributed by atoms with Gasteiger partial charge in [0, 0.05) is 13.0 Å². The van der Waals surface area contributed by atoms with E-state index in [4.69, 9.17) is 31.8 Å². The Morgan fingerprint density at radius 3 is 2.03 bits per heavy atom. The van der Waals surface area contributed by atoms with Gasteiger partial charge in [-0.25, -0.2) is 4.79 Å². The summed E-state index contributed by atoms with van der Waals surface area (Å²) >= 11 is 0. The molecule has 12 heteroatoms. The normalized spacial score (nSPS) is 13.1. The highest BCUT2D eigenvalue weighted by Crippen LogP contribution is 2.12. The Morgan fingerprint density at radius 1 is 0.970 bits per heavy atom. The monoisotopic (exact) mass is 518 g/mol. The summed E-state index contributed by atoms with van der Waals surface area (Å²) in [6.07, 6.45) is 8.33. The molecule has 0 fully saturated rings. The average molecular weight is 520 g/mol. The summed E-state index contributed by atoms with van der Waals surface area (Å²) in [5.74, 6) is -1.66. The third-order valence-electron chi connectivity index (χ3n) is 4.79. The summed E-state index contributed by atoms with van der Waals surface area (Å²) in [5.41, 5.74) is 16.4. The highest BCUT2D eigenvalue weighted by Gasteiger charge is 2.29. The van der Waals surface area contributed by atoms with Gasteiger partial charge in [0.05, 0.1) is 19.3 Å². The highest BCUT2D eigenvalue weighted by atomic mass is 35.5. The van der Waals surface area contributed by atoms with E-state index in [2.05, 4.69) is 11.9 Å². The lowest BCUT2D eigenvalue weighted by Gasteiger charge is -2.23. The first-order chi connectivity index (χ1) is 14.8. The zero-order valence-electron chi connectivity index (χ0n) is 19.7. The van der Waals surface area contributed by atoms with Crippen molar-refractivity contribution in [3.63, 3.8) is 0 Å². The molecule has 8 N–H and O–H groups in total. The Labute approximate surface area is 209 Å². The van der Waals surface area contributed by atoms with Crippen LogP contribution >= 0.6 is 24.8 Å². The van der Waals surface area contributed by atoms with Crippen LogP contribution in [-0.2, 0) is 19.1 Å². The number of rotatable bonds is 19. The third-order valence-corrected chi connectivity index (χ3v) is 4.79. The van der Waals surface area contributed by atoms with E-state index in [1.54, 1.807) is 0 Å². The second-order valence-electron chi connectivity index (χ2n) is 7.70. The van der Waals surface area contributed by atoms with Crippen molar-refractivity contribution in [2.24, 2.45) is 22.2 Å². The van der Waals surface area contributed by atoms with Crippen molar-refractivity contribution in [1.82, 2.24) is 0 Å². The molecular weight excluding hydrogens is 475 g/mol. The number of nitrogens with zero attached hydrogens (tertiary/aromatic N) is 1. The molecule has 0 radical (unpaired) electrons. The molecule has 198 valence electrons. The maximum absolute atomic E-state index is 12.2. The van der Waals surface area contributed by atoms with Crippen LogP contribution in [0.15, 0.2) is 4.99 Å². The zero-order chi connectivity index (χ0) is 23.5. The van der Waals surface area contributed by atoms with Gasteiger partial charge in [0.25, 0.3) is 0 Å². The predicted molar refractivity (Wildman–Crippen MR) is 134 cm³/mol. The van der Waals surface area contributed by atoms with Crippen LogP contribution in [0.25, 0.3) is 0 Å². The minimum absolute atomic E-state index is 0. The number of nitrogens with two attached hydrogens (primary N) is 3. The highest BCUT2D eigenvalue weighted by molar-refractivity contribution is 5.88. The zero-order valence-corrected chi connectivity index (χ0v) is 21.3. The SMILES string of the molecule is CCCCCCCCCCCC(=O)OC(=O)[C@@H](N)C(CCN=C(N)N)OCC(O)CO.Cl.Cl. The number of hydrogen-bond donors (Lipinski definition) is 5. The Kier molecular flexibility index (Phi) is 26.4. The molecule has 0 saturated heterocycles. The van der Waals surface area contributed by atoms with E-state index in [1.165, 1.54) is 32.1 Å². The fourth-order valence-corrected chi connectivity index (χ4v) is 2.94. The van der Waals surface area contributed by atoms with Crippen LogP contribution < -0.4 is 17.2 Å². The molecule has 0 aliphatic carbocycles. The molecule has 0 aromatic heterocycles. The number of hydrogen-bond acceptors (Lipinski definition) is 8. The van der Waals surface area contributed by atoms with E-state index in [9.17, 15) is 14.7 Å². The largest absolute Gasteiger partial charge is 0.394 e. The second-order valence-corrected chi connectivity index (χ2v) is 7.70. The van der Waals surface area contributed by atoms with Crippen molar-refractivity contribution in [3.8, 4) is 0 Å². The molecule has 0 rings (SSSR count). The van der Waals surface area contributed by atoms with E-state index >= 15 is 0 Å². The van der Waals surface area contributed by atoms with Crippen molar-refractivity contribution in [1.29, 1.82) is 0 Å². The fourth-order valence-electron chi connectivity index (χ4n) is 2.94. The van der Waals surface area contributed by atoms with Gasteiger partial charge < -0.3 is 36.9 Å². The second kappa shape index (κ2) is 24.0. The lowest BCUT2D eigenvalue weighted by atomic mass is 10.1. The van der Waals surface area contributed by atoms with Gasteiger partial charge in [-0.05, 0) is 12.8 Å². The van der Waals surface area contributed by atoms with Crippen molar-refractivity contribution in [2.45, 2.75) is 95.8 Å². The van der Waals surface area contributed by atoms with Crippen LogP contribution in [0.3, 0.4) is 0 Å². The quantitative estimate of drug-likeness (QED) is 0.0555. The fraction of sp³-hybridized carbons (Fsp3) is 0.857. The number of guanidine groups is 1. The molecule has 0 aliphatic rings. The van der Waals surface area contributed by atoms with Gasteiger partial charge in [-0.2, -0.15) is 0 Å². The standard InChI is InChI=1S/C21H42N4O6.2ClH/c1-2-3-4-5-6-7-8-9-10-11-18(28)31-20(29)19(22)17(12-13-25-21(23)24)30-15-16(27)14-26;;/h16-17,19,26-27H,2-15,22H2,1H3,(H4,23,24,25);2*1H/t16?,17?,19-;;/m0../s1. The summed E-state index contributed by atoms with van der Waals surface area (Å²) in [6.45, 7) is 1.59. The maximum Gasteiger partial charge on any atom is 0.333 e. The van der Waals surface area contributed by atoms with Gasteiger partial charge in [-0.3, -0.25) is 9.79 Å². The van der Waals surface area contributed by atoms with Crippen molar-refractivity contribution >= 4 is 42.7 Å². The molecule has 10 nitrogen and oxygen atoms in total. The minimum Gasteiger partial charge on any atom is -0.394 e. The third kappa shape index (κ3) is 21.1. The molecule has 0 amide bonds. The van der Waals surface area contributed by atoms with Crippen LogP contribution in [0.5, 0.6) is 0 Å². The number of halogens is 2. The molecule has 33 heavy (non-hydrogen) atoms. The maximum atomic E-state index is 12.2. The van der Waals surface area contributed by atoms with Crippen LogP contribution in [-0.4, -0.2) is 66.1 Å². The lowest BCUT2D eigenvalue weighted by molar-refractivity contribution is -0.163. The summed E-state index contributed by atoms with van der Waals surface area (Å²) < 4.78 is 10.2. The Balaban J connectivity index is -0.00000450. The van der Waals surface area contributed by atoms with E-state index < -0.39 is 36.8 Å². The van der Waals surface area contributed by atoms with E-state index in [0.717, 1.165) is 19.3 Å². The van der Waals surface area contributed by atoms with E-state index in [-0.39, 0.29) is 56.8 Å². The summed E-state index contributed by atoms with van der Waals surface area (Å²) in [5, 5.41) is 18.3. The molecular formula is C21H44Cl2N4O6. The van der Waals surface area contributed by atoms with Crippen molar-refractivity contribution < 1.29 is 29.3 Å². The number of aliphatic hydroxyl groups excluding tert-OH is 2. The average Bonchev–Trinajstić information content (AvgIpc) is 2.73. The molecule has 2 unspecified atom stereocenters. The van der Waals surface area contributed by atoms with Crippen LogP contribution in [0.1, 0.15) is 77.6 Å². The molecule has 0 heterocycles. The predicted octanol–water partition coefficient (Wildman–Crippen LogP) is 1.55. The number of carbonyl (C=O) groups excluding carboxylic acids is 2. The Hall–Kier alpha value is -1.17. The first-order valence-corrected chi connectivity index (χ1v) is 11.3. The van der Waals surface area contributed by atoms with Gasteiger partial charge in [0.2, 0.25) is 0 Å². The Bertz CT molecular complexity index is 525. The number of carbonyl (C=O) groups is 2. The number of ether oxygens (including phenoxy) is 2. The van der Waals surface area contributed by atoms with Gasteiger partial charge in [-0.15, -0.1) is 24.8 Å². The molecule has 0 saturated carbocycles. The van der Waals surface area contributed by atoms with Crippen LogP contribution in [0, 0.1) is 0 Å². The number of aliphatic hydroxyl groups is 2. The van der Waals surface area contributed by atoms with E-state index in [1.807, 2.05) is 0 Å². The van der Waals surface area contributed by atoms with Crippen molar-refractivity contribution in [3.05, 3.63) is 0 Å². The first-order valence-electron chi connectivity index (χ1n) is 11.3. The van der Waals surface area contributed by atoms with Gasteiger partial charge in [-0.1, -0.05) is 58.3 Å². The van der Waals surface area contributed by atoms with Gasteiger partial charge in [0.1, 0.15) is 12.1 Å². The smallest absolute Gasteiger partial charge is 0.333 e. The van der Waals surface area contributed by atoms with Crippen molar-refractivity contribution in [2.75, 3.05) is 19.8 Å². The number of unbranched alkanes of at least 4 members (excludes halogenated alkanes) is 8. The summed E-state index contributed by atoms with van der Waals surface area (Å²) in [6, 6.07) is -1.26. The molecule has 0 aromatic rings. The van der Waals surface area contributed by atoms with Gasteiger partial charge in [0.15, 0.2) is 5.96 Å². The Morgan fingerprint density at radius 2 is 1.52 bits per heavy atom. The van der Waals surface area contributed by atoms with Crippen LogP contribution in [0.4, 0.5) is 0 Å². The summed E-state index contributed by atoms with van der Waals surface area (Å²) in [7, 11) is 0.